The van der Waals surface area contributed by atoms with Gasteiger partial charge in [0.05, 0.1) is 0 Å². The first-order chi connectivity index (χ1) is 9.72. The number of carbonyl (C=O) groups is 3. The molecular formula is C14H26O6Zr. The molecule has 0 atom stereocenters. The summed E-state index contributed by atoms with van der Waals surface area (Å²) in [6.45, 7) is 7.57. The zero-order chi connectivity index (χ0) is 17.7. The van der Waals surface area contributed by atoms with Crippen LogP contribution in [-0.2, 0) is 39.1 Å². The number of rotatable bonds is 6. The Morgan fingerprint density at radius 3 is 0.810 bits per heavy atom. The van der Waals surface area contributed by atoms with Crippen LogP contribution in [0.15, 0.2) is 0 Å². The summed E-state index contributed by atoms with van der Waals surface area (Å²) in [6.07, 6.45) is 2.55. The van der Waals surface area contributed by atoms with Gasteiger partial charge in [-0.15, -0.1) is 0 Å². The molecule has 0 amide bonds. The minimum absolute atomic E-state index is 0.181. The van der Waals surface area contributed by atoms with Crippen molar-refractivity contribution in [1.82, 2.24) is 0 Å². The summed E-state index contributed by atoms with van der Waals surface area (Å²) in [5, 5.41) is 28.5. The number of hydrogen-bond donors (Lipinski definition) is 0. The first kappa shape index (κ1) is 28.5. The van der Waals surface area contributed by atoms with Gasteiger partial charge in [0.25, 0.3) is 0 Å². The summed E-state index contributed by atoms with van der Waals surface area (Å²) in [5.74, 6) is -2.88. The molecule has 0 aromatic rings. The van der Waals surface area contributed by atoms with Crippen molar-refractivity contribution in [2.45, 2.75) is 70.3 Å². The molecule has 0 radical (unpaired) electrons. The molecule has 0 bridgehead atoms. The third kappa shape index (κ3) is 83.9. The fourth-order valence-electron chi connectivity index (χ4n) is 0.612. The Bertz CT molecular complexity index is 206. The molecule has 21 heavy (non-hydrogen) atoms. The monoisotopic (exact) mass is 380 g/mol. The van der Waals surface area contributed by atoms with Crippen LogP contribution in [0.25, 0.3) is 0 Å². The van der Waals surface area contributed by atoms with E-state index in [4.69, 9.17) is 0 Å². The second-order valence-electron chi connectivity index (χ2n) is 3.72. The molecule has 122 valence electrons. The third-order valence-electron chi connectivity index (χ3n) is 1.36. The predicted molar refractivity (Wildman–Crippen MR) is 70.2 cm³/mol. The molecule has 0 saturated carbocycles. The number of carbonyl (C=O) groups excluding carboxylic acids is 3. The summed E-state index contributed by atoms with van der Waals surface area (Å²) in [4.78, 5) is 28.5. The molecule has 0 aliphatic carbocycles. The summed E-state index contributed by atoms with van der Waals surface area (Å²) >= 11 is 1.64. The van der Waals surface area contributed by atoms with E-state index in [9.17, 15) is 29.7 Å². The van der Waals surface area contributed by atoms with Gasteiger partial charge < -0.3 is 29.7 Å². The van der Waals surface area contributed by atoms with Gasteiger partial charge in [-0.25, -0.2) is 0 Å². The third-order valence-corrected chi connectivity index (χ3v) is 1.36. The van der Waals surface area contributed by atoms with Gasteiger partial charge >= 0.3 is 35.8 Å². The van der Waals surface area contributed by atoms with Gasteiger partial charge in [0.2, 0.25) is 0 Å². The number of aliphatic carboxylic acids is 3. The fourth-order valence-corrected chi connectivity index (χ4v) is 0.612. The van der Waals surface area contributed by atoms with E-state index in [1.54, 1.807) is 45.5 Å². The van der Waals surface area contributed by atoms with E-state index in [0.29, 0.717) is 19.3 Å². The fraction of sp³-hybridized carbons (Fsp3) is 0.786. The van der Waals surface area contributed by atoms with Gasteiger partial charge in [-0.05, 0) is 19.3 Å². The van der Waals surface area contributed by atoms with E-state index in [1.807, 2.05) is 0 Å². The molecule has 0 fully saturated rings. The van der Waals surface area contributed by atoms with Crippen molar-refractivity contribution in [3.8, 4) is 0 Å². The Morgan fingerprint density at radius 1 is 0.667 bits per heavy atom. The van der Waals surface area contributed by atoms with Crippen molar-refractivity contribution in [3.05, 3.63) is 0 Å². The summed E-state index contributed by atoms with van der Waals surface area (Å²) in [5.41, 5.74) is 0. The molecule has 0 aliphatic rings. The molecule has 0 rings (SSSR count). The molecule has 0 heterocycles. The average Bonchev–Trinajstić information content (AvgIpc) is 2.30. The van der Waals surface area contributed by atoms with E-state index in [0.717, 1.165) is 0 Å². The van der Waals surface area contributed by atoms with E-state index in [2.05, 4.69) is 6.92 Å². The molecule has 0 saturated heterocycles. The molecule has 0 aromatic heterocycles. The summed E-state index contributed by atoms with van der Waals surface area (Å²) in [6, 6.07) is 0. The summed E-state index contributed by atoms with van der Waals surface area (Å²) < 4.78 is 1.34. The quantitative estimate of drug-likeness (QED) is 0.616. The van der Waals surface area contributed by atoms with E-state index in [-0.39, 0.29) is 19.3 Å². The van der Waals surface area contributed by atoms with Crippen LogP contribution in [0.5, 0.6) is 0 Å². The Balaban J connectivity index is -0.0000000944. The SMILES string of the molecule is CCCC(=O)[O-].CCCC(=O)[O-].CCCC(=O)[O-].C[CH2][Zr+3]. The maximum absolute atomic E-state index is 9.49. The van der Waals surface area contributed by atoms with E-state index >= 15 is 0 Å². The first-order valence-corrected chi connectivity index (χ1v) is 8.71. The van der Waals surface area contributed by atoms with Crippen molar-refractivity contribution in [1.29, 1.82) is 0 Å². The van der Waals surface area contributed by atoms with Crippen LogP contribution >= 0.6 is 0 Å². The normalized spacial score (nSPS) is 7.90. The van der Waals surface area contributed by atoms with Gasteiger partial charge in [-0.3, -0.25) is 0 Å². The number of carboxylic acid groups (broad SMARTS) is 3. The van der Waals surface area contributed by atoms with E-state index in [1.165, 1.54) is 4.13 Å². The Kier molecular flexibility index (Phi) is 37.4. The second-order valence-corrected chi connectivity index (χ2v) is 5.46. The van der Waals surface area contributed by atoms with Gasteiger partial charge in [-0.1, -0.05) is 40.0 Å². The zero-order valence-electron chi connectivity index (χ0n) is 13.4. The topological polar surface area (TPSA) is 120 Å². The van der Waals surface area contributed by atoms with Crippen LogP contribution in [0.4, 0.5) is 0 Å². The Labute approximate surface area is 142 Å². The van der Waals surface area contributed by atoms with Crippen LogP contribution < -0.4 is 15.3 Å². The number of hydrogen-bond acceptors (Lipinski definition) is 6. The zero-order valence-corrected chi connectivity index (χ0v) is 15.9. The van der Waals surface area contributed by atoms with Gasteiger partial charge in [0.15, 0.2) is 0 Å². The van der Waals surface area contributed by atoms with Crippen LogP contribution in [0.3, 0.4) is 0 Å². The van der Waals surface area contributed by atoms with Crippen molar-refractivity contribution >= 4 is 17.9 Å². The average molecular weight is 382 g/mol. The first-order valence-electron chi connectivity index (χ1n) is 6.97. The standard InChI is InChI=1S/3C4H8O2.C2H5.Zr/c3*1-2-3-4(5)6;1-2;/h3*2-3H2,1H3,(H,5,6);1H2,2H3;/q;;;;+3/p-3. The molecule has 6 nitrogen and oxygen atoms in total. The van der Waals surface area contributed by atoms with Crippen molar-refractivity contribution in [2.24, 2.45) is 0 Å². The van der Waals surface area contributed by atoms with Crippen molar-refractivity contribution in [3.63, 3.8) is 0 Å². The van der Waals surface area contributed by atoms with Crippen molar-refractivity contribution in [2.75, 3.05) is 0 Å². The molecule has 0 spiro atoms. The Morgan fingerprint density at radius 2 is 0.810 bits per heavy atom. The molecule has 0 aromatic carbocycles. The van der Waals surface area contributed by atoms with Crippen LogP contribution in [0.2, 0.25) is 4.13 Å². The van der Waals surface area contributed by atoms with Crippen LogP contribution in [0.1, 0.15) is 66.2 Å². The molecule has 7 heteroatoms. The molecular weight excluding hydrogens is 355 g/mol. The van der Waals surface area contributed by atoms with Crippen molar-refractivity contribution < 1.29 is 54.4 Å². The maximum atomic E-state index is 9.49. The van der Waals surface area contributed by atoms with Gasteiger partial charge in [0, 0.05) is 17.9 Å². The molecule has 0 unspecified atom stereocenters. The molecule has 0 aliphatic heterocycles. The Hall–Kier alpha value is -0.707. The molecule has 0 N–H and O–H groups in total. The van der Waals surface area contributed by atoms with Gasteiger partial charge in [0.1, 0.15) is 0 Å². The van der Waals surface area contributed by atoms with Crippen LogP contribution in [0, 0.1) is 0 Å². The summed E-state index contributed by atoms with van der Waals surface area (Å²) in [7, 11) is 0. The number of carboxylic acids is 3. The van der Waals surface area contributed by atoms with Gasteiger partial charge in [-0.2, -0.15) is 0 Å². The van der Waals surface area contributed by atoms with E-state index < -0.39 is 17.9 Å². The predicted octanol–water partition coefficient (Wildman–Crippen LogP) is -0.419. The second kappa shape index (κ2) is 27.6. The van der Waals surface area contributed by atoms with Crippen LogP contribution in [-0.4, -0.2) is 17.9 Å². The minimum atomic E-state index is -0.961.